The second-order valence-electron chi connectivity index (χ2n) is 4.34. The number of fused-ring (bicyclic) bond motifs is 1. The molecular weight excluding hydrogens is 204 g/mol. The number of hydrogen-bond donors (Lipinski definition) is 2. The predicted molar refractivity (Wildman–Crippen MR) is 60.6 cm³/mol. The summed E-state index contributed by atoms with van der Waals surface area (Å²) in [5, 5.41) is 5.80. The van der Waals surface area contributed by atoms with Gasteiger partial charge in [0, 0.05) is 5.56 Å². The monoisotopic (exact) mass is 218 g/mol. The van der Waals surface area contributed by atoms with Gasteiger partial charge in [-0.15, -0.1) is 0 Å². The molecule has 1 aliphatic heterocycles. The van der Waals surface area contributed by atoms with Crippen molar-refractivity contribution in [2.75, 3.05) is 12.4 Å². The minimum Gasteiger partial charge on any atom is -0.495 e. The average Bonchev–Trinajstić information content (AvgIpc) is 3.11. The highest BCUT2D eigenvalue weighted by Gasteiger charge is 2.37. The first-order chi connectivity index (χ1) is 7.79. The quantitative estimate of drug-likeness (QED) is 0.800. The third-order valence-electron chi connectivity index (χ3n) is 3.23. The van der Waals surface area contributed by atoms with Crippen LogP contribution in [-0.4, -0.2) is 13.1 Å². The van der Waals surface area contributed by atoms with E-state index in [-0.39, 0.29) is 12.1 Å². The predicted octanol–water partition coefficient (Wildman–Crippen LogP) is 2.28. The van der Waals surface area contributed by atoms with Crippen molar-refractivity contribution < 1.29 is 9.53 Å². The summed E-state index contributed by atoms with van der Waals surface area (Å²) in [6.07, 6.45) is 2.39. The molecule has 1 aromatic carbocycles. The van der Waals surface area contributed by atoms with Crippen LogP contribution >= 0.6 is 0 Å². The van der Waals surface area contributed by atoms with Crippen LogP contribution in [0.2, 0.25) is 0 Å². The van der Waals surface area contributed by atoms with E-state index in [4.69, 9.17) is 4.74 Å². The molecule has 2 N–H and O–H groups in total. The SMILES string of the molecule is COc1cccc2c1NC(=O)NC2C1CC1. The Kier molecular flexibility index (Phi) is 2.02. The second kappa shape index (κ2) is 3.40. The standard InChI is InChI=1S/C12H14N2O2/c1-16-9-4-2-3-8-10(7-5-6-7)13-12(15)14-11(8)9/h2-4,7,10H,5-6H2,1H3,(H2,13,14,15). The molecule has 0 aromatic heterocycles. The number of urea groups is 1. The van der Waals surface area contributed by atoms with E-state index in [2.05, 4.69) is 10.6 Å². The van der Waals surface area contributed by atoms with Crippen molar-refractivity contribution in [3.05, 3.63) is 23.8 Å². The van der Waals surface area contributed by atoms with E-state index in [1.807, 2.05) is 18.2 Å². The number of carbonyl (C=O) groups excluding carboxylic acids is 1. The smallest absolute Gasteiger partial charge is 0.319 e. The molecule has 2 aliphatic rings. The maximum Gasteiger partial charge on any atom is 0.319 e. The molecule has 0 radical (unpaired) electrons. The summed E-state index contributed by atoms with van der Waals surface area (Å²) in [6.45, 7) is 0. The molecule has 16 heavy (non-hydrogen) atoms. The van der Waals surface area contributed by atoms with Crippen molar-refractivity contribution in [3.63, 3.8) is 0 Å². The number of benzene rings is 1. The molecule has 1 heterocycles. The van der Waals surface area contributed by atoms with Crippen molar-refractivity contribution in [1.29, 1.82) is 0 Å². The molecule has 4 heteroatoms. The topological polar surface area (TPSA) is 50.4 Å². The number of nitrogens with one attached hydrogen (secondary N) is 2. The first-order valence-electron chi connectivity index (χ1n) is 5.54. The maximum atomic E-state index is 11.6. The van der Waals surface area contributed by atoms with Gasteiger partial charge < -0.3 is 15.4 Å². The van der Waals surface area contributed by atoms with Crippen molar-refractivity contribution in [1.82, 2.24) is 5.32 Å². The van der Waals surface area contributed by atoms with E-state index < -0.39 is 0 Å². The van der Waals surface area contributed by atoms with Gasteiger partial charge in [0.25, 0.3) is 0 Å². The molecule has 1 saturated carbocycles. The van der Waals surface area contributed by atoms with Crippen LogP contribution in [0.5, 0.6) is 5.75 Å². The number of ether oxygens (including phenoxy) is 1. The third-order valence-corrected chi connectivity index (χ3v) is 3.23. The number of hydrogen-bond acceptors (Lipinski definition) is 2. The normalized spacial score (nSPS) is 23.1. The minimum atomic E-state index is -0.131. The summed E-state index contributed by atoms with van der Waals surface area (Å²) in [6, 6.07) is 5.90. The van der Waals surface area contributed by atoms with Gasteiger partial charge in [0.15, 0.2) is 0 Å². The molecule has 84 valence electrons. The lowest BCUT2D eigenvalue weighted by Gasteiger charge is -2.28. The van der Waals surface area contributed by atoms with Gasteiger partial charge in [0.1, 0.15) is 5.75 Å². The van der Waals surface area contributed by atoms with Gasteiger partial charge >= 0.3 is 6.03 Å². The van der Waals surface area contributed by atoms with Crippen molar-refractivity contribution in [2.45, 2.75) is 18.9 Å². The molecule has 2 amide bonds. The van der Waals surface area contributed by atoms with Crippen LogP contribution in [0.4, 0.5) is 10.5 Å². The molecule has 0 bridgehead atoms. The Morgan fingerprint density at radius 2 is 2.19 bits per heavy atom. The summed E-state index contributed by atoms with van der Waals surface area (Å²) < 4.78 is 5.27. The van der Waals surface area contributed by atoms with Gasteiger partial charge in [0.05, 0.1) is 18.8 Å². The van der Waals surface area contributed by atoms with Crippen LogP contribution in [0, 0.1) is 5.92 Å². The van der Waals surface area contributed by atoms with E-state index >= 15 is 0 Å². The molecule has 1 aliphatic carbocycles. The molecule has 1 atom stereocenters. The Labute approximate surface area is 94.0 Å². The zero-order valence-corrected chi connectivity index (χ0v) is 9.12. The molecule has 1 aromatic rings. The van der Waals surface area contributed by atoms with Crippen molar-refractivity contribution in [2.24, 2.45) is 5.92 Å². The lowest BCUT2D eigenvalue weighted by atomic mass is 9.98. The molecule has 4 nitrogen and oxygen atoms in total. The van der Waals surface area contributed by atoms with Crippen LogP contribution in [0.1, 0.15) is 24.4 Å². The fourth-order valence-electron chi connectivity index (χ4n) is 2.28. The fourth-order valence-corrected chi connectivity index (χ4v) is 2.28. The van der Waals surface area contributed by atoms with E-state index in [0.29, 0.717) is 5.92 Å². The van der Waals surface area contributed by atoms with Crippen LogP contribution in [0.25, 0.3) is 0 Å². The van der Waals surface area contributed by atoms with E-state index in [1.165, 1.54) is 12.8 Å². The van der Waals surface area contributed by atoms with Crippen molar-refractivity contribution in [3.8, 4) is 5.75 Å². The van der Waals surface area contributed by atoms with Crippen LogP contribution in [-0.2, 0) is 0 Å². The summed E-state index contributed by atoms with van der Waals surface area (Å²) in [7, 11) is 1.62. The summed E-state index contributed by atoms with van der Waals surface area (Å²) in [4.78, 5) is 11.6. The highest BCUT2D eigenvalue weighted by atomic mass is 16.5. The molecule has 0 saturated heterocycles. The van der Waals surface area contributed by atoms with Crippen LogP contribution in [0.3, 0.4) is 0 Å². The van der Waals surface area contributed by atoms with Gasteiger partial charge in [-0.1, -0.05) is 12.1 Å². The fraction of sp³-hybridized carbons (Fsp3) is 0.417. The Bertz CT molecular complexity index is 441. The average molecular weight is 218 g/mol. The first-order valence-corrected chi connectivity index (χ1v) is 5.54. The number of amides is 2. The Morgan fingerprint density at radius 1 is 1.38 bits per heavy atom. The zero-order valence-electron chi connectivity index (χ0n) is 9.12. The van der Waals surface area contributed by atoms with E-state index in [0.717, 1.165) is 17.0 Å². The molecular formula is C12H14N2O2. The largest absolute Gasteiger partial charge is 0.495 e. The van der Waals surface area contributed by atoms with E-state index in [1.54, 1.807) is 7.11 Å². The first kappa shape index (κ1) is 9.51. The highest BCUT2D eigenvalue weighted by Crippen LogP contribution is 2.46. The number of rotatable bonds is 2. The van der Waals surface area contributed by atoms with Gasteiger partial charge in [-0.25, -0.2) is 4.79 Å². The number of para-hydroxylation sites is 1. The Balaban J connectivity index is 2.07. The number of anilines is 1. The third kappa shape index (κ3) is 1.41. The molecule has 3 rings (SSSR count). The van der Waals surface area contributed by atoms with Gasteiger partial charge in [-0.05, 0) is 24.8 Å². The van der Waals surface area contributed by atoms with Gasteiger partial charge in [-0.3, -0.25) is 0 Å². The molecule has 0 spiro atoms. The van der Waals surface area contributed by atoms with Crippen molar-refractivity contribution >= 4 is 11.7 Å². The Morgan fingerprint density at radius 3 is 2.88 bits per heavy atom. The summed E-state index contributed by atoms with van der Waals surface area (Å²) in [5.41, 5.74) is 1.96. The van der Waals surface area contributed by atoms with Crippen LogP contribution in [0.15, 0.2) is 18.2 Å². The highest BCUT2D eigenvalue weighted by molar-refractivity contribution is 5.95. The molecule has 1 fully saturated rings. The lowest BCUT2D eigenvalue weighted by molar-refractivity contribution is 0.245. The number of methoxy groups -OCH3 is 1. The van der Waals surface area contributed by atoms with E-state index in [9.17, 15) is 4.79 Å². The zero-order chi connectivity index (χ0) is 11.1. The summed E-state index contributed by atoms with van der Waals surface area (Å²) >= 11 is 0. The van der Waals surface area contributed by atoms with Crippen LogP contribution < -0.4 is 15.4 Å². The second-order valence-corrected chi connectivity index (χ2v) is 4.34. The lowest BCUT2D eigenvalue weighted by Crippen LogP contribution is -2.38. The maximum absolute atomic E-state index is 11.6. The Hall–Kier alpha value is -1.71. The molecule has 1 unspecified atom stereocenters. The summed E-state index contributed by atoms with van der Waals surface area (Å²) in [5.74, 6) is 1.33. The minimum absolute atomic E-state index is 0.131. The van der Waals surface area contributed by atoms with Gasteiger partial charge in [0.2, 0.25) is 0 Å². The number of carbonyl (C=O) groups is 1. The van der Waals surface area contributed by atoms with Gasteiger partial charge in [-0.2, -0.15) is 0 Å².